The van der Waals surface area contributed by atoms with E-state index in [4.69, 9.17) is 4.74 Å². The molecule has 1 aliphatic heterocycles. The van der Waals surface area contributed by atoms with E-state index >= 15 is 0 Å². The number of nitrogens with one attached hydrogen (secondary N) is 1. The summed E-state index contributed by atoms with van der Waals surface area (Å²) in [5, 5.41) is 3.33. The first kappa shape index (κ1) is 15.7. The van der Waals surface area contributed by atoms with Gasteiger partial charge >= 0.3 is 6.61 Å². The van der Waals surface area contributed by atoms with Crippen LogP contribution in [-0.2, 0) is 4.74 Å². The summed E-state index contributed by atoms with van der Waals surface area (Å²) >= 11 is 0. The van der Waals surface area contributed by atoms with E-state index < -0.39 is 6.61 Å². The predicted octanol–water partition coefficient (Wildman–Crippen LogP) is 4.02. The molecule has 1 aliphatic rings. The lowest BCUT2D eigenvalue weighted by atomic mass is 9.97. The van der Waals surface area contributed by atoms with Crippen molar-refractivity contribution in [3.8, 4) is 5.75 Å². The Morgan fingerprint density at radius 1 is 1.17 bits per heavy atom. The minimum atomic E-state index is -2.84. The number of benzene rings is 1. The van der Waals surface area contributed by atoms with Crippen LogP contribution >= 0.6 is 0 Å². The molecule has 0 radical (unpaired) electrons. The Labute approximate surface area is 133 Å². The summed E-state index contributed by atoms with van der Waals surface area (Å²) in [4.78, 5) is 4.11. The molecule has 2 unspecified atom stereocenters. The highest BCUT2D eigenvalue weighted by molar-refractivity contribution is 5.38. The van der Waals surface area contributed by atoms with Gasteiger partial charge in [-0.1, -0.05) is 30.3 Å². The number of hydrogen-bond donors (Lipinski definition) is 1. The van der Waals surface area contributed by atoms with E-state index in [1.165, 1.54) is 12.3 Å². The normalized spacial score (nSPS) is 21.2. The zero-order valence-corrected chi connectivity index (χ0v) is 12.5. The second kappa shape index (κ2) is 7.37. The standard InChI is InChI=1S/C17H18F2N2O2/c18-17(19)23-14-6-7-16(20-11-14)21-13-8-9-22-15(10-13)12-4-2-1-3-5-12/h1-7,11,13,15,17H,8-10H2,(H,20,21). The van der Waals surface area contributed by atoms with Crippen LogP contribution in [0.4, 0.5) is 14.6 Å². The van der Waals surface area contributed by atoms with Crippen molar-refractivity contribution in [1.82, 2.24) is 4.98 Å². The van der Waals surface area contributed by atoms with Crippen LogP contribution in [-0.4, -0.2) is 24.2 Å². The number of aromatic nitrogens is 1. The highest BCUT2D eigenvalue weighted by Gasteiger charge is 2.24. The van der Waals surface area contributed by atoms with Gasteiger partial charge in [0.15, 0.2) is 0 Å². The molecule has 122 valence electrons. The molecule has 1 N–H and O–H groups in total. The molecule has 0 aliphatic carbocycles. The summed E-state index contributed by atoms with van der Waals surface area (Å²) in [6.07, 6.45) is 3.06. The Morgan fingerprint density at radius 3 is 2.70 bits per heavy atom. The Kier molecular flexibility index (Phi) is 5.02. The molecule has 1 aromatic carbocycles. The maximum Gasteiger partial charge on any atom is 0.387 e. The van der Waals surface area contributed by atoms with E-state index in [1.54, 1.807) is 6.07 Å². The molecule has 0 amide bonds. The molecular formula is C17H18F2N2O2. The van der Waals surface area contributed by atoms with Gasteiger partial charge in [-0.15, -0.1) is 0 Å². The van der Waals surface area contributed by atoms with Crippen molar-refractivity contribution in [3.05, 3.63) is 54.2 Å². The molecule has 0 bridgehead atoms. The molecule has 6 heteroatoms. The Balaban J connectivity index is 1.59. The lowest BCUT2D eigenvalue weighted by Crippen LogP contribution is -2.30. The van der Waals surface area contributed by atoms with Crippen molar-refractivity contribution in [3.63, 3.8) is 0 Å². The van der Waals surface area contributed by atoms with Gasteiger partial charge < -0.3 is 14.8 Å². The van der Waals surface area contributed by atoms with Crippen LogP contribution < -0.4 is 10.1 Å². The lowest BCUT2D eigenvalue weighted by Gasteiger charge is -2.30. The molecule has 2 atom stereocenters. The topological polar surface area (TPSA) is 43.4 Å². The van der Waals surface area contributed by atoms with Crippen LogP contribution in [0.15, 0.2) is 48.7 Å². The molecule has 1 saturated heterocycles. The maximum absolute atomic E-state index is 12.1. The van der Waals surface area contributed by atoms with Crippen LogP contribution in [0.3, 0.4) is 0 Å². The monoisotopic (exact) mass is 320 g/mol. The van der Waals surface area contributed by atoms with Gasteiger partial charge in [-0.2, -0.15) is 8.78 Å². The quantitative estimate of drug-likeness (QED) is 0.904. The largest absolute Gasteiger partial charge is 0.433 e. The number of nitrogens with zero attached hydrogens (tertiary/aromatic N) is 1. The van der Waals surface area contributed by atoms with Crippen molar-refractivity contribution < 1.29 is 18.3 Å². The molecule has 1 aromatic heterocycles. The van der Waals surface area contributed by atoms with Crippen molar-refractivity contribution in [2.75, 3.05) is 11.9 Å². The molecule has 2 aromatic rings. The Bertz CT molecular complexity index is 608. The second-order valence-corrected chi connectivity index (χ2v) is 5.39. The van der Waals surface area contributed by atoms with Crippen LogP contribution in [0.25, 0.3) is 0 Å². The predicted molar refractivity (Wildman–Crippen MR) is 82.6 cm³/mol. The van der Waals surface area contributed by atoms with E-state index in [0.717, 1.165) is 18.4 Å². The van der Waals surface area contributed by atoms with E-state index in [1.807, 2.05) is 18.2 Å². The molecule has 23 heavy (non-hydrogen) atoms. The smallest absolute Gasteiger partial charge is 0.387 e. The number of alkyl halides is 2. The van der Waals surface area contributed by atoms with Crippen LogP contribution in [0.2, 0.25) is 0 Å². The fourth-order valence-corrected chi connectivity index (χ4v) is 2.68. The van der Waals surface area contributed by atoms with Gasteiger partial charge in [0.2, 0.25) is 0 Å². The van der Waals surface area contributed by atoms with E-state index in [0.29, 0.717) is 12.4 Å². The van der Waals surface area contributed by atoms with Crippen LogP contribution in [0.1, 0.15) is 24.5 Å². The number of rotatable bonds is 5. The van der Waals surface area contributed by atoms with Crippen molar-refractivity contribution in [2.24, 2.45) is 0 Å². The van der Waals surface area contributed by atoms with E-state index in [9.17, 15) is 8.78 Å². The molecule has 0 spiro atoms. The van der Waals surface area contributed by atoms with Gasteiger partial charge in [0.25, 0.3) is 0 Å². The third-order valence-corrected chi connectivity index (χ3v) is 3.77. The number of hydrogen-bond acceptors (Lipinski definition) is 4. The first-order valence-corrected chi connectivity index (χ1v) is 7.54. The molecule has 1 fully saturated rings. The Hall–Kier alpha value is -2.21. The van der Waals surface area contributed by atoms with Gasteiger partial charge in [-0.25, -0.2) is 4.98 Å². The summed E-state index contributed by atoms with van der Waals surface area (Å²) in [6, 6.07) is 13.4. The fourth-order valence-electron chi connectivity index (χ4n) is 2.68. The minimum absolute atomic E-state index is 0.0553. The summed E-state index contributed by atoms with van der Waals surface area (Å²) in [5.41, 5.74) is 1.16. The van der Waals surface area contributed by atoms with Crippen LogP contribution in [0.5, 0.6) is 5.75 Å². The number of anilines is 1. The highest BCUT2D eigenvalue weighted by Crippen LogP contribution is 2.29. The number of ether oxygens (including phenoxy) is 2. The Morgan fingerprint density at radius 2 is 2.00 bits per heavy atom. The molecule has 0 saturated carbocycles. The van der Waals surface area contributed by atoms with Gasteiger partial charge in [0.1, 0.15) is 11.6 Å². The third-order valence-electron chi connectivity index (χ3n) is 3.77. The summed E-state index contributed by atoms with van der Waals surface area (Å²) < 4.78 is 34.4. The molecular weight excluding hydrogens is 302 g/mol. The fraction of sp³-hybridized carbons (Fsp3) is 0.353. The first-order chi connectivity index (χ1) is 11.2. The van der Waals surface area contributed by atoms with E-state index in [-0.39, 0.29) is 17.9 Å². The number of halogens is 2. The molecule has 3 rings (SSSR count). The lowest BCUT2D eigenvalue weighted by molar-refractivity contribution is -0.0500. The summed E-state index contributed by atoms with van der Waals surface area (Å²) in [7, 11) is 0. The highest BCUT2D eigenvalue weighted by atomic mass is 19.3. The second-order valence-electron chi connectivity index (χ2n) is 5.39. The average molecular weight is 320 g/mol. The van der Waals surface area contributed by atoms with Crippen molar-refractivity contribution >= 4 is 5.82 Å². The van der Waals surface area contributed by atoms with E-state index in [2.05, 4.69) is 27.2 Å². The zero-order valence-electron chi connectivity index (χ0n) is 12.5. The molecule has 2 heterocycles. The zero-order chi connectivity index (χ0) is 16.1. The summed E-state index contributed by atoms with van der Waals surface area (Å²) in [6.45, 7) is -2.16. The molecule has 4 nitrogen and oxygen atoms in total. The van der Waals surface area contributed by atoms with Crippen LogP contribution in [0, 0.1) is 0 Å². The van der Waals surface area contributed by atoms with Gasteiger partial charge in [0.05, 0.1) is 12.3 Å². The summed E-state index contributed by atoms with van der Waals surface area (Å²) in [5.74, 6) is 0.699. The average Bonchev–Trinajstić information content (AvgIpc) is 2.57. The van der Waals surface area contributed by atoms with Gasteiger partial charge in [-0.05, 0) is 30.5 Å². The number of pyridine rings is 1. The first-order valence-electron chi connectivity index (χ1n) is 7.54. The SMILES string of the molecule is FC(F)Oc1ccc(NC2CCOC(c3ccccc3)C2)nc1. The van der Waals surface area contributed by atoms with Crippen molar-refractivity contribution in [1.29, 1.82) is 0 Å². The minimum Gasteiger partial charge on any atom is -0.433 e. The van der Waals surface area contributed by atoms with Gasteiger partial charge in [-0.3, -0.25) is 0 Å². The van der Waals surface area contributed by atoms with Gasteiger partial charge in [0, 0.05) is 12.6 Å². The maximum atomic E-state index is 12.1. The third kappa shape index (κ3) is 4.39. The van der Waals surface area contributed by atoms with Crippen molar-refractivity contribution in [2.45, 2.75) is 31.6 Å².